The number of carbonyl (C=O) groups excluding carboxylic acids is 1. The van der Waals surface area contributed by atoms with E-state index in [1.165, 1.54) is 11.8 Å². The molecule has 1 fully saturated rings. The second kappa shape index (κ2) is 7.09. The Hall–Kier alpha value is -0.620. The molecule has 1 unspecified atom stereocenters. The molecule has 2 atom stereocenters. The van der Waals surface area contributed by atoms with Crippen LogP contribution in [0.15, 0.2) is 0 Å². The summed E-state index contributed by atoms with van der Waals surface area (Å²) in [5.74, 6) is -0.804. The van der Waals surface area contributed by atoms with Crippen LogP contribution >= 0.6 is 24.0 Å². The third-order valence-electron chi connectivity index (χ3n) is 3.05. The third kappa shape index (κ3) is 4.24. The first-order chi connectivity index (χ1) is 8.45. The summed E-state index contributed by atoms with van der Waals surface area (Å²) in [6, 6.07) is -0.475. The van der Waals surface area contributed by atoms with E-state index in [1.807, 2.05) is 6.92 Å². The summed E-state index contributed by atoms with van der Waals surface area (Å²) in [6.07, 6.45) is 3.00. The first-order valence-electron chi connectivity index (χ1n) is 6.15. The van der Waals surface area contributed by atoms with Gasteiger partial charge in [0, 0.05) is 25.1 Å². The van der Waals surface area contributed by atoms with Gasteiger partial charge in [-0.1, -0.05) is 30.9 Å². The summed E-state index contributed by atoms with van der Waals surface area (Å²) in [5, 5.41) is 9.35. The van der Waals surface area contributed by atoms with E-state index >= 15 is 0 Å². The van der Waals surface area contributed by atoms with Crippen molar-refractivity contribution in [1.82, 2.24) is 4.90 Å². The maximum absolute atomic E-state index is 11.1. The lowest BCUT2D eigenvalue weighted by Crippen LogP contribution is -2.40. The molecule has 0 spiro atoms. The van der Waals surface area contributed by atoms with Crippen LogP contribution in [-0.2, 0) is 9.59 Å². The van der Waals surface area contributed by atoms with Gasteiger partial charge in [-0.3, -0.25) is 4.79 Å². The van der Waals surface area contributed by atoms with Gasteiger partial charge in [0.2, 0.25) is 0 Å². The molecule has 1 heterocycles. The average Bonchev–Trinajstić information content (AvgIpc) is 2.76. The number of carboxylic acids is 1. The molecule has 1 rings (SSSR count). The SMILES string of the molecule is CCC(CC(=S)N1CCC[C@H]1C(=O)O)SC(C)=O. The van der Waals surface area contributed by atoms with Gasteiger partial charge in [0.25, 0.3) is 0 Å². The Kier molecular flexibility index (Phi) is 6.08. The average molecular weight is 289 g/mol. The van der Waals surface area contributed by atoms with E-state index in [1.54, 1.807) is 11.8 Å². The number of thioether (sulfide) groups is 1. The second-order valence-electron chi connectivity index (χ2n) is 4.43. The number of hydrogen-bond acceptors (Lipinski definition) is 4. The quantitative estimate of drug-likeness (QED) is 0.784. The first kappa shape index (κ1) is 15.4. The molecular formula is C12H19NO3S2. The van der Waals surface area contributed by atoms with Gasteiger partial charge in [0.05, 0.1) is 4.99 Å². The standard InChI is InChI=1S/C12H19NO3S2/c1-3-9(18-8(2)14)7-11(17)13-6-4-5-10(13)12(15)16/h9-10H,3-7H2,1-2H3,(H,15,16)/t9?,10-/m0/s1. The van der Waals surface area contributed by atoms with Gasteiger partial charge in [-0.2, -0.15) is 0 Å². The molecule has 1 saturated heterocycles. The van der Waals surface area contributed by atoms with Crippen LogP contribution < -0.4 is 0 Å². The van der Waals surface area contributed by atoms with Gasteiger partial charge >= 0.3 is 5.97 Å². The molecule has 6 heteroatoms. The van der Waals surface area contributed by atoms with Crippen LogP contribution in [0.1, 0.15) is 39.5 Å². The van der Waals surface area contributed by atoms with Crippen molar-refractivity contribution in [2.24, 2.45) is 0 Å². The summed E-state index contributed by atoms with van der Waals surface area (Å²) in [7, 11) is 0. The smallest absolute Gasteiger partial charge is 0.326 e. The number of nitrogens with zero attached hydrogens (tertiary/aromatic N) is 1. The molecule has 1 aliphatic heterocycles. The van der Waals surface area contributed by atoms with Crippen molar-refractivity contribution < 1.29 is 14.7 Å². The monoisotopic (exact) mass is 289 g/mol. The third-order valence-corrected chi connectivity index (χ3v) is 4.61. The number of hydrogen-bond donors (Lipinski definition) is 1. The second-order valence-corrected chi connectivity index (χ2v) is 6.38. The number of thiocarbonyl (C=S) groups is 1. The van der Waals surface area contributed by atoms with Crippen molar-refractivity contribution in [3.05, 3.63) is 0 Å². The van der Waals surface area contributed by atoms with Crippen LogP contribution in [0.4, 0.5) is 0 Å². The van der Waals surface area contributed by atoms with E-state index in [9.17, 15) is 9.59 Å². The Bertz CT molecular complexity index is 346. The minimum absolute atomic E-state index is 0.0841. The van der Waals surface area contributed by atoms with E-state index < -0.39 is 12.0 Å². The number of aliphatic carboxylic acids is 1. The van der Waals surface area contributed by atoms with Crippen LogP contribution in [0.2, 0.25) is 0 Å². The van der Waals surface area contributed by atoms with Gasteiger partial charge in [-0.05, 0) is 19.3 Å². The van der Waals surface area contributed by atoms with Crippen LogP contribution in [0, 0.1) is 0 Å². The molecule has 0 aromatic rings. The van der Waals surface area contributed by atoms with Crippen molar-refractivity contribution in [1.29, 1.82) is 0 Å². The molecule has 4 nitrogen and oxygen atoms in total. The number of likely N-dealkylation sites (tertiary alicyclic amines) is 1. The highest BCUT2D eigenvalue weighted by Crippen LogP contribution is 2.24. The topological polar surface area (TPSA) is 57.6 Å². The van der Waals surface area contributed by atoms with Gasteiger partial charge in [-0.25, -0.2) is 4.79 Å². The highest BCUT2D eigenvalue weighted by Gasteiger charge is 2.32. The molecule has 0 bridgehead atoms. The maximum atomic E-state index is 11.1. The van der Waals surface area contributed by atoms with Crippen LogP contribution in [0.25, 0.3) is 0 Å². The molecule has 0 radical (unpaired) electrons. The Morgan fingerprint density at radius 3 is 2.72 bits per heavy atom. The molecule has 0 aromatic carbocycles. The van der Waals surface area contributed by atoms with Crippen molar-refractivity contribution in [3.63, 3.8) is 0 Å². The Balaban J connectivity index is 2.58. The maximum Gasteiger partial charge on any atom is 0.326 e. The minimum Gasteiger partial charge on any atom is -0.480 e. The lowest BCUT2D eigenvalue weighted by Gasteiger charge is -2.26. The zero-order valence-corrected chi connectivity index (χ0v) is 12.4. The fourth-order valence-corrected chi connectivity index (χ4v) is 3.54. The van der Waals surface area contributed by atoms with Crippen LogP contribution in [0.3, 0.4) is 0 Å². The summed E-state index contributed by atoms with van der Waals surface area (Å²) in [6.45, 7) is 4.28. The predicted molar refractivity (Wildman–Crippen MR) is 76.9 cm³/mol. The molecule has 0 saturated carbocycles. The lowest BCUT2D eigenvalue weighted by molar-refractivity contribution is -0.140. The Morgan fingerprint density at radius 2 is 2.22 bits per heavy atom. The van der Waals surface area contributed by atoms with Crippen molar-refractivity contribution in [3.8, 4) is 0 Å². The van der Waals surface area contributed by atoms with Gasteiger partial charge < -0.3 is 10.0 Å². The Morgan fingerprint density at radius 1 is 1.56 bits per heavy atom. The molecule has 0 amide bonds. The molecule has 1 N–H and O–H groups in total. The van der Waals surface area contributed by atoms with Crippen molar-refractivity contribution in [2.45, 2.75) is 50.8 Å². The van der Waals surface area contributed by atoms with Crippen molar-refractivity contribution in [2.75, 3.05) is 6.54 Å². The van der Waals surface area contributed by atoms with E-state index in [-0.39, 0.29) is 10.4 Å². The number of carbonyl (C=O) groups is 2. The van der Waals surface area contributed by atoms with E-state index in [0.717, 1.165) is 19.4 Å². The van der Waals surface area contributed by atoms with Crippen molar-refractivity contribution >= 4 is 40.1 Å². The van der Waals surface area contributed by atoms with Crippen LogP contribution in [0.5, 0.6) is 0 Å². The molecule has 0 aliphatic carbocycles. The normalized spacial score (nSPS) is 20.8. The van der Waals surface area contributed by atoms with Crippen LogP contribution in [-0.4, -0.2) is 43.9 Å². The fourth-order valence-electron chi connectivity index (χ4n) is 2.14. The summed E-state index contributed by atoms with van der Waals surface area (Å²) in [5.41, 5.74) is 0. The number of rotatable bonds is 5. The largest absolute Gasteiger partial charge is 0.480 e. The molecule has 18 heavy (non-hydrogen) atoms. The zero-order valence-electron chi connectivity index (χ0n) is 10.7. The molecule has 0 aromatic heterocycles. The highest BCUT2D eigenvalue weighted by atomic mass is 32.2. The Labute approximate surface area is 117 Å². The number of carboxylic acid groups (broad SMARTS) is 1. The van der Waals surface area contributed by atoms with Gasteiger partial charge in [0.1, 0.15) is 6.04 Å². The molecule has 102 valence electrons. The summed E-state index contributed by atoms with van der Waals surface area (Å²) >= 11 is 6.64. The predicted octanol–water partition coefficient (Wildman–Crippen LogP) is 2.31. The lowest BCUT2D eigenvalue weighted by atomic mass is 10.2. The molecule has 1 aliphatic rings. The highest BCUT2D eigenvalue weighted by molar-refractivity contribution is 8.14. The molecular weight excluding hydrogens is 270 g/mol. The van der Waals surface area contributed by atoms with Gasteiger partial charge in [-0.15, -0.1) is 0 Å². The van der Waals surface area contributed by atoms with E-state index in [2.05, 4.69) is 0 Å². The fraction of sp³-hybridized carbons (Fsp3) is 0.750. The summed E-state index contributed by atoms with van der Waals surface area (Å²) in [4.78, 5) is 24.7. The zero-order chi connectivity index (χ0) is 13.7. The minimum atomic E-state index is -0.804. The van der Waals surface area contributed by atoms with E-state index in [0.29, 0.717) is 17.8 Å². The summed E-state index contributed by atoms with van der Waals surface area (Å²) < 4.78 is 0. The van der Waals surface area contributed by atoms with E-state index in [4.69, 9.17) is 17.3 Å². The first-order valence-corrected chi connectivity index (χ1v) is 7.44. The van der Waals surface area contributed by atoms with Gasteiger partial charge in [0.15, 0.2) is 5.12 Å².